The lowest BCUT2D eigenvalue weighted by Gasteiger charge is -2.07. The first-order valence-corrected chi connectivity index (χ1v) is 6.22. The number of hydrogen-bond acceptors (Lipinski definition) is 6. The van der Waals surface area contributed by atoms with Gasteiger partial charge in [-0.15, -0.1) is 5.10 Å². The molecule has 0 aliphatic carbocycles. The Hall–Kier alpha value is -1.83. The number of nitrogens with one attached hydrogen (secondary N) is 2. The third-order valence-corrected chi connectivity index (χ3v) is 3.07. The van der Waals surface area contributed by atoms with Crippen LogP contribution in [-0.4, -0.2) is 31.5 Å². The monoisotopic (exact) mass is 267 g/mol. The number of aromatic nitrogens is 4. The third-order valence-electron chi connectivity index (χ3n) is 2.11. The number of anilines is 1. The molecule has 0 fully saturated rings. The maximum absolute atomic E-state index is 11.9. The maximum Gasteiger partial charge on any atom is 0.238 e. The Morgan fingerprint density at radius 3 is 2.89 bits per heavy atom. The summed E-state index contributed by atoms with van der Waals surface area (Å²) in [5.41, 5.74) is 0. The van der Waals surface area contributed by atoms with Gasteiger partial charge in [0.05, 0.1) is 5.25 Å². The van der Waals surface area contributed by atoms with E-state index in [9.17, 15) is 4.79 Å². The summed E-state index contributed by atoms with van der Waals surface area (Å²) in [5, 5.41) is 13.3. The zero-order chi connectivity index (χ0) is 13.1. The minimum atomic E-state index is -0.322. The molecule has 0 aliphatic heterocycles. The first kappa shape index (κ1) is 12.6. The van der Waals surface area contributed by atoms with Crippen molar-refractivity contribution in [3.63, 3.8) is 0 Å². The molecular weight excluding hydrogens is 254 g/mol. The predicted octanol–water partition coefficient (Wildman–Crippen LogP) is 1.53. The van der Waals surface area contributed by atoms with Crippen molar-refractivity contribution >= 4 is 23.5 Å². The first-order chi connectivity index (χ1) is 8.54. The molecule has 2 heterocycles. The van der Waals surface area contributed by atoms with Crippen LogP contribution in [-0.2, 0) is 4.79 Å². The zero-order valence-electron chi connectivity index (χ0n) is 10.2. The lowest BCUT2D eigenvalue weighted by Crippen LogP contribution is -2.22. The Bertz CT molecular complexity index is 550. The van der Waals surface area contributed by atoms with E-state index >= 15 is 0 Å². The minimum Gasteiger partial charge on any atom is -0.360 e. The van der Waals surface area contributed by atoms with Crippen molar-refractivity contribution in [2.75, 3.05) is 5.32 Å². The first-order valence-electron chi connectivity index (χ1n) is 5.34. The van der Waals surface area contributed by atoms with Gasteiger partial charge in [-0.1, -0.05) is 16.9 Å². The molecule has 0 saturated heterocycles. The van der Waals surface area contributed by atoms with Crippen LogP contribution >= 0.6 is 11.8 Å². The van der Waals surface area contributed by atoms with Crippen molar-refractivity contribution in [2.24, 2.45) is 0 Å². The van der Waals surface area contributed by atoms with Crippen LogP contribution in [0.2, 0.25) is 0 Å². The van der Waals surface area contributed by atoms with Crippen LogP contribution in [0.1, 0.15) is 18.5 Å². The number of hydrogen-bond donors (Lipinski definition) is 2. The van der Waals surface area contributed by atoms with Gasteiger partial charge in [0, 0.05) is 6.07 Å². The van der Waals surface area contributed by atoms with Crippen molar-refractivity contribution in [1.82, 2.24) is 20.3 Å². The molecule has 1 amide bonds. The average Bonchev–Trinajstić information content (AvgIpc) is 2.88. The number of H-pyrrole nitrogens is 1. The van der Waals surface area contributed by atoms with Crippen LogP contribution in [0.5, 0.6) is 0 Å². The van der Waals surface area contributed by atoms with Gasteiger partial charge in [-0.05, 0) is 20.8 Å². The van der Waals surface area contributed by atoms with Gasteiger partial charge < -0.3 is 9.84 Å². The van der Waals surface area contributed by atoms with E-state index in [1.54, 1.807) is 26.8 Å². The summed E-state index contributed by atoms with van der Waals surface area (Å²) in [6.07, 6.45) is 0. The van der Waals surface area contributed by atoms with E-state index in [-0.39, 0.29) is 11.2 Å². The summed E-state index contributed by atoms with van der Waals surface area (Å²) in [6.45, 7) is 5.34. The molecule has 7 nitrogen and oxygen atoms in total. The van der Waals surface area contributed by atoms with Gasteiger partial charge in [0.2, 0.25) is 11.1 Å². The second-order valence-corrected chi connectivity index (χ2v) is 5.08. The molecule has 96 valence electrons. The predicted molar refractivity (Wildman–Crippen MR) is 66.3 cm³/mol. The molecule has 0 spiro atoms. The number of aryl methyl sites for hydroxylation is 2. The maximum atomic E-state index is 11.9. The van der Waals surface area contributed by atoms with Crippen molar-refractivity contribution in [3.8, 4) is 0 Å². The molecule has 18 heavy (non-hydrogen) atoms. The van der Waals surface area contributed by atoms with Gasteiger partial charge in [-0.25, -0.2) is 4.98 Å². The van der Waals surface area contributed by atoms with Crippen LogP contribution in [0.3, 0.4) is 0 Å². The van der Waals surface area contributed by atoms with Gasteiger partial charge in [0.1, 0.15) is 11.6 Å². The summed E-state index contributed by atoms with van der Waals surface area (Å²) in [7, 11) is 0. The quantitative estimate of drug-likeness (QED) is 0.815. The molecule has 0 aliphatic rings. The normalized spacial score (nSPS) is 12.4. The molecular formula is C10H13N5O2S. The van der Waals surface area contributed by atoms with Crippen LogP contribution < -0.4 is 5.32 Å². The van der Waals surface area contributed by atoms with Gasteiger partial charge in [-0.3, -0.25) is 9.89 Å². The number of carbonyl (C=O) groups excluding carboxylic acids is 1. The number of amides is 1. The number of aromatic amines is 1. The summed E-state index contributed by atoms with van der Waals surface area (Å²) < 4.78 is 4.87. The fraction of sp³-hybridized carbons (Fsp3) is 0.400. The molecule has 2 aromatic rings. The fourth-order valence-corrected chi connectivity index (χ4v) is 2.01. The van der Waals surface area contributed by atoms with Crippen molar-refractivity contribution in [2.45, 2.75) is 31.2 Å². The Labute approximate surface area is 108 Å². The average molecular weight is 267 g/mol. The summed E-state index contributed by atoms with van der Waals surface area (Å²) in [5.74, 6) is 1.61. The molecule has 1 atom stereocenters. The molecule has 2 aromatic heterocycles. The Morgan fingerprint density at radius 1 is 1.56 bits per heavy atom. The van der Waals surface area contributed by atoms with E-state index < -0.39 is 0 Å². The van der Waals surface area contributed by atoms with Gasteiger partial charge >= 0.3 is 0 Å². The highest BCUT2D eigenvalue weighted by Crippen LogP contribution is 2.20. The Balaban J connectivity index is 1.92. The molecule has 1 unspecified atom stereocenters. The van der Waals surface area contributed by atoms with Crippen LogP contribution in [0.4, 0.5) is 5.82 Å². The number of carbonyl (C=O) groups is 1. The highest BCUT2D eigenvalue weighted by atomic mass is 32.2. The molecule has 0 aromatic carbocycles. The molecule has 2 rings (SSSR count). The third kappa shape index (κ3) is 3.10. The summed E-state index contributed by atoms with van der Waals surface area (Å²) in [4.78, 5) is 16.0. The van der Waals surface area contributed by atoms with Crippen molar-refractivity contribution < 1.29 is 9.32 Å². The lowest BCUT2D eigenvalue weighted by molar-refractivity contribution is -0.115. The molecule has 8 heteroatoms. The Morgan fingerprint density at radius 2 is 2.33 bits per heavy atom. The topological polar surface area (TPSA) is 96.7 Å². The highest BCUT2D eigenvalue weighted by molar-refractivity contribution is 8.00. The molecule has 2 N–H and O–H groups in total. The van der Waals surface area contributed by atoms with Gasteiger partial charge in [-0.2, -0.15) is 0 Å². The Kier molecular flexibility index (Phi) is 3.66. The van der Waals surface area contributed by atoms with E-state index in [1.165, 1.54) is 11.8 Å². The smallest absolute Gasteiger partial charge is 0.238 e. The van der Waals surface area contributed by atoms with Crippen molar-refractivity contribution in [3.05, 3.63) is 17.7 Å². The fourth-order valence-electron chi connectivity index (χ4n) is 1.24. The second-order valence-electron chi connectivity index (χ2n) is 3.78. The molecule has 0 bridgehead atoms. The van der Waals surface area contributed by atoms with Crippen molar-refractivity contribution in [1.29, 1.82) is 0 Å². The van der Waals surface area contributed by atoms with E-state index in [4.69, 9.17) is 4.52 Å². The molecule has 0 saturated carbocycles. The SMILES string of the molecule is Cc1nc(SC(C)C(=O)Nc2cc(C)on2)n[nH]1. The molecule has 0 radical (unpaired) electrons. The second kappa shape index (κ2) is 5.21. The van der Waals surface area contributed by atoms with Crippen LogP contribution in [0, 0.1) is 13.8 Å². The number of nitrogens with zero attached hydrogens (tertiary/aromatic N) is 3. The number of rotatable bonds is 4. The van der Waals surface area contributed by atoms with E-state index in [0.717, 1.165) is 5.82 Å². The van der Waals surface area contributed by atoms with E-state index in [0.29, 0.717) is 16.7 Å². The van der Waals surface area contributed by atoms with Gasteiger partial charge in [0.25, 0.3) is 0 Å². The zero-order valence-corrected chi connectivity index (χ0v) is 11.0. The van der Waals surface area contributed by atoms with E-state index in [1.807, 2.05) is 0 Å². The summed E-state index contributed by atoms with van der Waals surface area (Å²) in [6, 6.07) is 1.66. The van der Waals surface area contributed by atoms with E-state index in [2.05, 4.69) is 25.7 Å². The van der Waals surface area contributed by atoms with Crippen LogP contribution in [0.25, 0.3) is 0 Å². The minimum absolute atomic E-state index is 0.171. The summed E-state index contributed by atoms with van der Waals surface area (Å²) >= 11 is 1.27. The number of thioether (sulfide) groups is 1. The largest absolute Gasteiger partial charge is 0.360 e. The van der Waals surface area contributed by atoms with Gasteiger partial charge in [0.15, 0.2) is 5.82 Å². The lowest BCUT2D eigenvalue weighted by atomic mass is 10.4. The highest BCUT2D eigenvalue weighted by Gasteiger charge is 2.17. The van der Waals surface area contributed by atoms with Crippen LogP contribution in [0.15, 0.2) is 15.7 Å². The standard InChI is InChI=1S/C10H13N5O2S/c1-5-4-8(15-17-5)12-9(16)6(2)18-10-11-7(3)13-14-10/h4,6H,1-3H3,(H,11,13,14)(H,12,15,16).